The number of rotatable bonds is 2. The van der Waals surface area contributed by atoms with Gasteiger partial charge in [0.1, 0.15) is 0 Å². The molecule has 0 bridgehead atoms. The molecule has 104 valence electrons. The Morgan fingerprint density at radius 2 is 2.00 bits per heavy atom. The summed E-state index contributed by atoms with van der Waals surface area (Å²) in [7, 11) is 0. The number of hydrogen-bond acceptors (Lipinski definition) is 3. The molecule has 1 rings (SSSR count). The minimum atomic E-state index is 0.0341. The smallest absolute Gasteiger partial charge is 0.211 e. The number of benzene rings is 1. The molecule has 0 aromatic heterocycles. The Morgan fingerprint density at radius 3 is 2.55 bits per heavy atom. The zero-order valence-corrected chi connectivity index (χ0v) is 12.2. The van der Waals surface area contributed by atoms with Crippen molar-refractivity contribution in [2.75, 3.05) is 5.32 Å². The summed E-state index contributed by atoms with van der Waals surface area (Å²) >= 11 is 0. The van der Waals surface area contributed by atoms with Gasteiger partial charge in [-0.15, -0.1) is 4.99 Å². The van der Waals surface area contributed by atoms with Crippen LogP contribution >= 0.6 is 0 Å². The number of anilines is 1. The van der Waals surface area contributed by atoms with Gasteiger partial charge in [0.15, 0.2) is 0 Å². The van der Waals surface area contributed by atoms with Crippen LogP contribution in [0.3, 0.4) is 0 Å². The summed E-state index contributed by atoms with van der Waals surface area (Å²) in [5.74, 6) is 0.380. The largest absolute Gasteiger partial charge is 0.352 e. The lowest BCUT2D eigenvalue weighted by molar-refractivity contribution is 0.316. The van der Waals surface area contributed by atoms with E-state index < -0.39 is 0 Å². The van der Waals surface area contributed by atoms with Gasteiger partial charge in [-0.1, -0.05) is 26.8 Å². The summed E-state index contributed by atoms with van der Waals surface area (Å²) in [6.07, 6.45) is 1.77. The maximum Gasteiger partial charge on any atom is 0.211 e. The molecule has 0 aliphatic carbocycles. The van der Waals surface area contributed by atoms with Crippen LogP contribution in [-0.2, 0) is 0 Å². The maximum absolute atomic E-state index is 8.88. The van der Waals surface area contributed by atoms with Crippen molar-refractivity contribution < 1.29 is 0 Å². The lowest BCUT2D eigenvalue weighted by Gasteiger charge is -2.29. The van der Waals surface area contributed by atoms with Gasteiger partial charge in [0.25, 0.3) is 0 Å². The number of hydrogen-bond donors (Lipinski definition) is 2. The highest BCUT2D eigenvalue weighted by Crippen LogP contribution is 2.18. The Balaban J connectivity index is 2.87. The first kappa shape index (κ1) is 15.5. The predicted octanol–water partition coefficient (Wildman–Crippen LogP) is 2.83. The highest BCUT2D eigenvalue weighted by atomic mass is 15.2. The van der Waals surface area contributed by atoms with Gasteiger partial charge in [-0.05, 0) is 30.5 Å². The van der Waals surface area contributed by atoms with E-state index in [0.29, 0.717) is 17.2 Å². The van der Waals surface area contributed by atoms with E-state index in [1.54, 1.807) is 24.4 Å². The first-order valence-corrected chi connectivity index (χ1v) is 6.37. The second-order valence-electron chi connectivity index (χ2n) is 5.61. The lowest BCUT2D eigenvalue weighted by atomic mass is 9.88. The molecular formula is C15H19N5. The summed E-state index contributed by atoms with van der Waals surface area (Å²) in [5, 5.41) is 23.8. The normalized spacial score (nSPS) is 13.0. The molecule has 1 atom stereocenters. The van der Waals surface area contributed by atoms with E-state index in [1.807, 2.05) is 13.0 Å². The number of nitrogens with one attached hydrogen (secondary N) is 2. The standard InChI is InChI=1S/C15H19N5/c1-11(15(2,3)4)19-14(18-10-17)20-13-7-5-6-12(8-13)9-16/h5-8,11H,1-4H3,(H2,18,19,20). The Kier molecular flexibility index (Phi) is 5.11. The van der Waals surface area contributed by atoms with E-state index in [1.165, 1.54) is 0 Å². The number of aliphatic imine (C=N–C) groups is 1. The van der Waals surface area contributed by atoms with Gasteiger partial charge < -0.3 is 10.6 Å². The second-order valence-corrected chi connectivity index (χ2v) is 5.61. The second kappa shape index (κ2) is 6.58. The quantitative estimate of drug-likeness (QED) is 0.491. The molecule has 1 aromatic carbocycles. The minimum absolute atomic E-state index is 0.0341. The molecule has 0 aliphatic heterocycles. The van der Waals surface area contributed by atoms with Crippen molar-refractivity contribution in [1.82, 2.24) is 5.32 Å². The number of nitriles is 2. The van der Waals surface area contributed by atoms with Crippen LogP contribution in [0.5, 0.6) is 0 Å². The van der Waals surface area contributed by atoms with Crippen LogP contribution in [0.4, 0.5) is 5.69 Å². The van der Waals surface area contributed by atoms with Crippen LogP contribution < -0.4 is 10.6 Å². The predicted molar refractivity (Wildman–Crippen MR) is 79.9 cm³/mol. The van der Waals surface area contributed by atoms with E-state index in [-0.39, 0.29) is 11.5 Å². The molecule has 1 unspecified atom stereocenters. The maximum atomic E-state index is 8.88. The lowest BCUT2D eigenvalue weighted by Crippen LogP contribution is -2.44. The third-order valence-electron chi connectivity index (χ3n) is 3.07. The monoisotopic (exact) mass is 269 g/mol. The summed E-state index contributed by atoms with van der Waals surface area (Å²) < 4.78 is 0. The molecule has 20 heavy (non-hydrogen) atoms. The summed E-state index contributed by atoms with van der Waals surface area (Å²) in [6.45, 7) is 8.33. The molecule has 0 saturated heterocycles. The summed E-state index contributed by atoms with van der Waals surface area (Å²) in [6, 6.07) is 9.22. The van der Waals surface area contributed by atoms with Gasteiger partial charge in [0.05, 0.1) is 11.6 Å². The zero-order valence-electron chi connectivity index (χ0n) is 12.2. The molecule has 2 N–H and O–H groups in total. The fourth-order valence-corrected chi connectivity index (χ4v) is 1.37. The Labute approximate surface area is 119 Å². The van der Waals surface area contributed by atoms with Crippen LogP contribution in [0.1, 0.15) is 33.3 Å². The van der Waals surface area contributed by atoms with Gasteiger partial charge in [0.2, 0.25) is 12.2 Å². The van der Waals surface area contributed by atoms with Crippen LogP contribution in [0.25, 0.3) is 0 Å². The van der Waals surface area contributed by atoms with E-state index in [0.717, 1.165) is 0 Å². The van der Waals surface area contributed by atoms with Crippen molar-refractivity contribution in [3.63, 3.8) is 0 Å². The van der Waals surface area contributed by atoms with Gasteiger partial charge >= 0.3 is 0 Å². The van der Waals surface area contributed by atoms with Gasteiger partial charge in [0, 0.05) is 11.7 Å². The van der Waals surface area contributed by atoms with Crippen molar-refractivity contribution in [2.24, 2.45) is 10.4 Å². The van der Waals surface area contributed by atoms with Gasteiger partial charge in [-0.2, -0.15) is 10.5 Å². The molecule has 0 heterocycles. The van der Waals surface area contributed by atoms with Crippen molar-refractivity contribution in [1.29, 1.82) is 10.5 Å². The van der Waals surface area contributed by atoms with Crippen molar-refractivity contribution in [2.45, 2.75) is 33.7 Å². The molecule has 0 radical (unpaired) electrons. The third kappa shape index (κ3) is 4.62. The Hall–Kier alpha value is -2.53. The van der Waals surface area contributed by atoms with E-state index in [2.05, 4.69) is 42.5 Å². The minimum Gasteiger partial charge on any atom is -0.352 e. The highest BCUT2D eigenvalue weighted by Gasteiger charge is 2.21. The molecular weight excluding hydrogens is 250 g/mol. The topological polar surface area (TPSA) is 84.0 Å². The summed E-state index contributed by atoms with van der Waals surface area (Å²) in [5.41, 5.74) is 1.30. The molecule has 0 fully saturated rings. The Bertz CT molecular complexity index is 569. The first-order chi connectivity index (χ1) is 9.36. The fourth-order valence-electron chi connectivity index (χ4n) is 1.37. The molecule has 5 heteroatoms. The van der Waals surface area contributed by atoms with Gasteiger partial charge in [-0.3, -0.25) is 0 Å². The Morgan fingerprint density at radius 1 is 1.30 bits per heavy atom. The number of guanidine groups is 1. The van der Waals surface area contributed by atoms with Crippen LogP contribution in [0.15, 0.2) is 29.3 Å². The van der Waals surface area contributed by atoms with E-state index in [4.69, 9.17) is 10.5 Å². The molecule has 0 spiro atoms. The summed E-state index contributed by atoms with van der Waals surface area (Å²) in [4.78, 5) is 3.75. The zero-order chi connectivity index (χ0) is 15.2. The van der Waals surface area contributed by atoms with E-state index in [9.17, 15) is 0 Å². The SMILES string of the molecule is CC(N/C(=N\C#N)Nc1cccc(C#N)c1)C(C)(C)C. The molecule has 0 aliphatic rings. The van der Waals surface area contributed by atoms with Crippen molar-refractivity contribution >= 4 is 11.6 Å². The first-order valence-electron chi connectivity index (χ1n) is 6.37. The van der Waals surface area contributed by atoms with Gasteiger partial charge in [-0.25, -0.2) is 0 Å². The van der Waals surface area contributed by atoms with E-state index >= 15 is 0 Å². The molecule has 0 amide bonds. The fraction of sp³-hybridized carbons (Fsp3) is 0.400. The van der Waals surface area contributed by atoms with Crippen LogP contribution in [-0.4, -0.2) is 12.0 Å². The average molecular weight is 269 g/mol. The van der Waals surface area contributed by atoms with Crippen LogP contribution in [0.2, 0.25) is 0 Å². The van der Waals surface area contributed by atoms with Crippen LogP contribution in [0, 0.1) is 28.2 Å². The van der Waals surface area contributed by atoms with Crippen molar-refractivity contribution in [3.8, 4) is 12.3 Å². The molecule has 5 nitrogen and oxygen atoms in total. The third-order valence-corrected chi connectivity index (χ3v) is 3.07. The average Bonchev–Trinajstić information content (AvgIpc) is 2.38. The number of nitrogens with zero attached hydrogens (tertiary/aromatic N) is 3. The highest BCUT2D eigenvalue weighted by molar-refractivity contribution is 5.94. The molecule has 0 saturated carbocycles. The molecule has 1 aromatic rings. The van der Waals surface area contributed by atoms with Crippen molar-refractivity contribution in [3.05, 3.63) is 29.8 Å².